The zero-order valence-electron chi connectivity index (χ0n) is 10.6. The van der Waals surface area contributed by atoms with Gasteiger partial charge in [0.2, 0.25) is 6.23 Å². The van der Waals surface area contributed by atoms with Gasteiger partial charge in [0, 0.05) is 17.7 Å². The number of carbonyl (C=O) groups is 1. The second-order valence-corrected chi connectivity index (χ2v) is 4.44. The first-order valence-corrected chi connectivity index (χ1v) is 6.06. The minimum Gasteiger partial charge on any atom is -0.434 e. The van der Waals surface area contributed by atoms with Crippen LogP contribution in [0.4, 0.5) is 15.8 Å². The number of ether oxygens (including phenoxy) is 1. The van der Waals surface area contributed by atoms with Gasteiger partial charge in [0.25, 0.3) is 5.69 Å². The van der Waals surface area contributed by atoms with Gasteiger partial charge in [-0.2, -0.15) is 0 Å². The van der Waals surface area contributed by atoms with Crippen molar-refractivity contribution in [2.45, 2.75) is 6.23 Å². The molecule has 0 bridgehead atoms. The molecule has 21 heavy (non-hydrogen) atoms. The van der Waals surface area contributed by atoms with Crippen molar-refractivity contribution in [3.63, 3.8) is 0 Å². The number of esters is 1. The molecule has 0 spiro atoms. The summed E-state index contributed by atoms with van der Waals surface area (Å²) in [5.41, 5.74) is 0.601. The second-order valence-electron chi connectivity index (χ2n) is 4.44. The van der Waals surface area contributed by atoms with Gasteiger partial charge in [0.05, 0.1) is 16.2 Å². The van der Waals surface area contributed by atoms with Crippen molar-refractivity contribution in [3.8, 4) is 0 Å². The quantitative estimate of drug-likeness (QED) is 0.533. The second kappa shape index (κ2) is 4.86. The fourth-order valence-corrected chi connectivity index (χ4v) is 2.13. The minimum atomic E-state index is -0.870. The lowest BCUT2D eigenvalue weighted by atomic mass is 10.1. The van der Waals surface area contributed by atoms with Crippen LogP contribution in [0, 0.1) is 15.9 Å². The van der Waals surface area contributed by atoms with E-state index in [1.165, 1.54) is 0 Å². The van der Waals surface area contributed by atoms with Crippen LogP contribution < -0.4 is 5.32 Å². The molecule has 0 fully saturated rings. The van der Waals surface area contributed by atoms with Crippen molar-refractivity contribution in [1.29, 1.82) is 0 Å². The summed E-state index contributed by atoms with van der Waals surface area (Å²) in [6, 6.07) is 9.80. The minimum absolute atomic E-state index is 0.0984. The molecule has 1 aliphatic rings. The molecule has 0 saturated heterocycles. The number of nitrogens with one attached hydrogen (secondary N) is 1. The topological polar surface area (TPSA) is 81.5 Å². The first-order chi connectivity index (χ1) is 10.1. The van der Waals surface area contributed by atoms with Gasteiger partial charge < -0.3 is 10.1 Å². The van der Waals surface area contributed by atoms with Crippen LogP contribution in [-0.4, -0.2) is 10.9 Å². The first kappa shape index (κ1) is 13.0. The van der Waals surface area contributed by atoms with Crippen molar-refractivity contribution < 1.29 is 18.8 Å². The van der Waals surface area contributed by atoms with Gasteiger partial charge in [0.1, 0.15) is 5.82 Å². The third-order valence-electron chi connectivity index (χ3n) is 3.14. The maximum Gasteiger partial charge on any atom is 0.340 e. The summed E-state index contributed by atoms with van der Waals surface area (Å²) in [4.78, 5) is 21.8. The number of anilines is 1. The highest BCUT2D eigenvalue weighted by Crippen LogP contribution is 2.33. The molecule has 2 aromatic carbocycles. The number of carbonyl (C=O) groups excluding carboxylic acids is 1. The molecular weight excluding hydrogens is 279 g/mol. The van der Waals surface area contributed by atoms with E-state index in [0.717, 1.165) is 18.2 Å². The zero-order valence-corrected chi connectivity index (χ0v) is 10.6. The Morgan fingerprint density at radius 2 is 2.00 bits per heavy atom. The normalized spacial score (nSPS) is 16.2. The number of halogens is 1. The van der Waals surface area contributed by atoms with E-state index in [4.69, 9.17) is 4.74 Å². The Morgan fingerprint density at radius 3 is 2.76 bits per heavy atom. The molecule has 0 radical (unpaired) electrons. The van der Waals surface area contributed by atoms with Crippen molar-refractivity contribution in [1.82, 2.24) is 0 Å². The van der Waals surface area contributed by atoms with Crippen LogP contribution in [0.5, 0.6) is 0 Å². The zero-order chi connectivity index (χ0) is 15.0. The number of fused-ring (bicyclic) bond motifs is 1. The average molecular weight is 288 g/mol. The van der Waals surface area contributed by atoms with E-state index in [0.29, 0.717) is 11.1 Å². The highest BCUT2D eigenvalue weighted by atomic mass is 19.1. The highest BCUT2D eigenvalue weighted by molar-refractivity contribution is 5.94. The van der Waals surface area contributed by atoms with Gasteiger partial charge in [-0.3, -0.25) is 10.1 Å². The summed E-state index contributed by atoms with van der Waals surface area (Å²) in [5, 5.41) is 13.4. The van der Waals surface area contributed by atoms with E-state index in [1.54, 1.807) is 24.3 Å². The SMILES string of the molecule is O=C1OC(Nc2cc([N+](=O)[O-])ccc2F)c2ccccc21. The number of benzene rings is 2. The number of nitro groups is 1. The molecule has 3 rings (SSSR count). The number of rotatable bonds is 3. The van der Waals surface area contributed by atoms with Gasteiger partial charge in [-0.1, -0.05) is 18.2 Å². The summed E-state index contributed by atoms with van der Waals surface area (Å²) >= 11 is 0. The van der Waals surface area contributed by atoms with Crippen LogP contribution in [0.15, 0.2) is 42.5 Å². The maximum atomic E-state index is 13.7. The molecule has 0 aromatic heterocycles. The summed E-state index contributed by atoms with van der Waals surface area (Å²) in [6.45, 7) is 0. The molecule has 1 atom stereocenters. The van der Waals surface area contributed by atoms with Gasteiger partial charge in [0.15, 0.2) is 0 Å². The Labute approximate surface area is 118 Å². The largest absolute Gasteiger partial charge is 0.434 e. The maximum absolute atomic E-state index is 13.7. The van der Waals surface area contributed by atoms with E-state index < -0.39 is 22.9 Å². The molecule has 1 N–H and O–H groups in total. The van der Waals surface area contributed by atoms with E-state index in [9.17, 15) is 19.3 Å². The number of hydrogen-bond donors (Lipinski definition) is 1. The smallest absolute Gasteiger partial charge is 0.340 e. The molecule has 106 valence electrons. The Kier molecular flexibility index (Phi) is 3.02. The van der Waals surface area contributed by atoms with Crippen LogP contribution in [0.25, 0.3) is 0 Å². The molecule has 0 amide bonds. The molecule has 1 aliphatic heterocycles. The fraction of sp³-hybridized carbons (Fsp3) is 0.0714. The molecule has 2 aromatic rings. The highest BCUT2D eigenvalue weighted by Gasteiger charge is 2.31. The summed E-state index contributed by atoms with van der Waals surface area (Å²) in [6.07, 6.45) is -0.870. The van der Waals surface area contributed by atoms with Crippen LogP contribution in [0.2, 0.25) is 0 Å². The summed E-state index contributed by atoms with van der Waals surface area (Å²) < 4.78 is 18.8. The molecule has 1 unspecified atom stereocenters. The predicted octanol–water partition coefficient (Wildman–Crippen LogP) is 3.02. The molecule has 7 heteroatoms. The molecule has 6 nitrogen and oxygen atoms in total. The molecule has 0 saturated carbocycles. The van der Waals surface area contributed by atoms with E-state index in [-0.39, 0.29) is 11.4 Å². The predicted molar refractivity (Wildman–Crippen MR) is 71.3 cm³/mol. The molecule has 1 heterocycles. The lowest BCUT2D eigenvalue weighted by molar-refractivity contribution is -0.384. The molecule has 0 aliphatic carbocycles. The third kappa shape index (κ3) is 2.29. The van der Waals surface area contributed by atoms with Crippen molar-refractivity contribution in [3.05, 3.63) is 69.5 Å². The lowest BCUT2D eigenvalue weighted by Gasteiger charge is -2.14. The Hall–Kier alpha value is -2.96. The third-order valence-corrected chi connectivity index (χ3v) is 3.14. The van der Waals surface area contributed by atoms with Crippen LogP contribution in [0.1, 0.15) is 22.1 Å². The van der Waals surface area contributed by atoms with Gasteiger partial charge in [-0.15, -0.1) is 0 Å². The standard InChI is InChI=1S/C14H9FN2O4/c15-11-6-5-8(17(19)20)7-12(11)16-13-9-3-1-2-4-10(9)14(18)21-13/h1-7,13,16H. The number of non-ortho nitro benzene ring substituents is 1. The van der Waals surface area contributed by atoms with Crippen molar-refractivity contribution >= 4 is 17.3 Å². The molecular formula is C14H9FN2O4. The monoisotopic (exact) mass is 288 g/mol. The van der Waals surface area contributed by atoms with E-state index in [2.05, 4.69) is 5.32 Å². The number of cyclic esters (lactones) is 1. The van der Waals surface area contributed by atoms with E-state index in [1.807, 2.05) is 0 Å². The number of nitrogens with zero attached hydrogens (tertiary/aromatic N) is 1. The Morgan fingerprint density at radius 1 is 1.24 bits per heavy atom. The van der Waals surface area contributed by atoms with Crippen LogP contribution >= 0.6 is 0 Å². The van der Waals surface area contributed by atoms with Gasteiger partial charge in [-0.25, -0.2) is 9.18 Å². The van der Waals surface area contributed by atoms with Gasteiger partial charge in [-0.05, 0) is 12.1 Å². The summed E-state index contributed by atoms with van der Waals surface area (Å²) in [7, 11) is 0. The summed E-state index contributed by atoms with van der Waals surface area (Å²) in [5.74, 6) is -1.19. The Bertz CT molecular complexity index is 748. The first-order valence-electron chi connectivity index (χ1n) is 6.06. The number of nitro benzene ring substituents is 1. The number of hydrogen-bond acceptors (Lipinski definition) is 5. The van der Waals surface area contributed by atoms with Gasteiger partial charge >= 0.3 is 5.97 Å². The van der Waals surface area contributed by atoms with Crippen molar-refractivity contribution in [2.24, 2.45) is 0 Å². The van der Waals surface area contributed by atoms with Crippen LogP contribution in [0.3, 0.4) is 0 Å². The Balaban J connectivity index is 1.93. The average Bonchev–Trinajstić information content (AvgIpc) is 2.78. The van der Waals surface area contributed by atoms with Crippen molar-refractivity contribution in [2.75, 3.05) is 5.32 Å². The fourth-order valence-electron chi connectivity index (χ4n) is 2.13. The lowest BCUT2D eigenvalue weighted by Crippen LogP contribution is -2.11. The van der Waals surface area contributed by atoms with E-state index >= 15 is 0 Å². The van der Waals surface area contributed by atoms with Crippen LogP contribution in [-0.2, 0) is 4.74 Å².